The number of aromatic nitrogens is 2. The molecule has 0 aliphatic rings. The largest absolute Gasteiger partial charge is 0.465 e. The van der Waals surface area contributed by atoms with E-state index in [1.54, 1.807) is 22.8 Å². The molecule has 0 aliphatic carbocycles. The van der Waals surface area contributed by atoms with Crippen molar-refractivity contribution in [2.75, 3.05) is 19.4 Å². The van der Waals surface area contributed by atoms with E-state index in [9.17, 15) is 14.4 Å². The van der Waals surface area contributed by atoms with Crippen molar-refractivity contribution in [2.45, 2.75) is 32.5 Å². The molecule has 0 saturated carbocycles. The lowest BCUT2D eigenvalue weighted by molar-refractivity contribution is -0.118. The zero-order valence-electron chi connectivity index (χ0n) is 15.4. The quantitative estimate of drug-likeness (QED) is 0.344. The van der Waals surface area contributed by atoms with Gasteiger partial charge in [-0.05, 0) is 24.1 Å². The van der Waals surface area contributed by atoms with Gasteiger partial charge in [-0.15, -0.1) is 0 Å². The van der Waals surface area contributed by atoms with E-state index in [1.165, 1.54) is 25.8 Å². The van der Waals surface area contributed by atoms with Gasteiger partial charge in [-0.1, -0.05) is 25.6 Å². The van der Waals surface area contributed by atoms with Crippen LogP contribution in [0.2, 0.25) is 0 Å². The molecule has 0 aliphatic heterocycles. The topological polar surface area (TPSA) is 90.3 Å². The minimum atomic E-state index is -0.472. The van der Waals surface area contributed by atoms with Crippen LogP contribution >= 0.6 is 11.8 Å². The van der Waals surface area contributed by atoms with Crippen LogP contribution in [0.1, 0.15) is 31.1 Å². The third kappa shape index (κ3) is 4.85. The number of esters is 1. The highest BCUT2D eigenvalue weighted by atomic mass is 32.2. The number of hydrogen-bond acceptors (Lipinski definition) is 6. The summed E-state index contributed by atoms with van der Waals surface area (Å²) in [5, 5.41) is 3.76. The monoisotopic (exact) mass is 377 g/mol. The second kappa shape index (κ2) is 8.84. The van der Waals surface area contributed by atoms with E-state index >= 15 is 0 Å². The van der Waals surface area contributed by atoms with Gasteiger partial charge in [0.25, 0.3) is 5.56 Å². The number of thioether (sulfide) groups is 1. The summed E-state index contributed by atoms with van der Waals surface area (Å²) >= 11 is 1.40. The van der Waals surface area contributed by atoms with Crippen molar-refractivity contribution in [3.63, 3.8) is 0 Å². The molecule has 0 radical (unpaired) electrons. The Balaban J connectivity index is 2.45. The highest BCUT2D eigenvalue weighted by Gasteiger charge is 2.15. The molecule has 2 aromatic rings. The number of hydrogen-bond donors (Lipinski definition) is 1. The molecule has 1 N–H and O–H groups in total. The van der Waals surface area contributed by atoms with Gasteiger partial charge in [0.1, 0.15) is 0 Å². The predicted molar refractivity (Wildman–Crippen MR) is 102 cm³/mol. The van der Waals surface area contributed by atoms with Crippen molar-refractivity contribution >= 4 is 34.5 Å². The molecule has 0 atom stereocenters. The number of ether oxygens (including phenoxy) is 1. The van der Waals surface area contributed by atoms with E-state index in [0.29, 0.717) is 40.5 Å². The van der Waals surface area contributed by atoms with E-state index in [-0.39, 0.29) is 17.4 Å². The maximum atomic E-state index is 12.9. The smallest absolute Gasteiger partial charge is 0.337 e. The maximum Gasteiger partial charge on any atom is 0.337 e. The zero-order valence-corrected chi connectivity index (χ0v) is 16.2. The molecule has 8 heteroatoms. The molecule has 0 unspecified atom stereocenters. The number of carbonyl (C=O) groups is 2. The van der Waals surface area contributed by atoms with Crippen molar-refractivity contribution in [2.24, 2.45) is 5.92 Å². The molecule has 1 heterocycles. The van der Waals surface area contributed by atoms with Gasteiger partial charge < -0.3 is 10.1 Å². The van der Waals surface area contributed by atoms with Crippen molar-refractivity contribution in [3.8, 4) is 0 Å². The molecular weight excluding hydrogens is 354 g/mol. The van der Waals surface area contributed by atoms with E-state index in [1.807, 2.05) is 13.8 Å². The van der Waals surface area contributed by atoms with E-state index in [0.717, 1.165) is 0 Å². The first kappa shape index (κ1) is 20.0. The molecule has 1 aromatic carbocycles. The fourth-order valence-corrected chi connectivity index (χ4v) is 3.31. The lowest BCUT2D eigenvalue weighted by Gasteiger charge is -2.15. The molecule has 7 nitrogen and oxygen atoms in total. The number of nitrogens with zero attached hydrogens (tertiary/aromatic N) is 2. The van der Waals surface area contributed by atoms with E-state index < -0.39 is 5.97 Å². The van der Waals surface area contributed by atoms with Crippen LogP contribution in [0, 0.1) is 5.92 Å². The van der Waals surface area contributed by atoms with Crippen LogP contribution in [0.25, 0.3) is 10.9 Å². The summed E-state index contributed by atoms with van der Waals surface area (Å²) in [6.45, 7) is 6.55. The van der Waals surface area contributed by atoms with E-state index in [2.05, 4.69) is 10.3 Å². The number of methoxy groups -OCH3 is 1. The minimum absolute atomic E-state index is 0.0978. The number of rotatable bonds is 7. The summed E-state index contributed by atoms with van der Waals surface area (Å²) in [5.41, 5.74) is 0.671. The molecule has 2 rings (SSSR count). The van der Waals surface area contributed by atoms with Crippen LogP contribution in [0.15, 0.2) is 28.2 Å². The van der Waals surface area contributed by atoms with Crippen LogP contribution in [0.3, 0.4) is 0 Å². The van der Waals surface area contributed by atoms with Crippen LogP contribution in [0.5, 0.6) is 0 Å². The number of nitrogens with one attached hydrogen (secondary N) is 1. The fourth-order valence-electron chi connectivity index (χ4n) is 2.45. The average Bonchev–Trinajstić information content (AvgIpc) is 2.60. The highest BCUT2D eigenvalue weighted by molar-refractivity contribution is 7.99. The maximum absolute atomic E-state index is 12.9. The molecule has 26 heavy (non-hydrogen) atoms. The minimum Gasteiger partial charge on any atom is -0.465 e. The molecule has 0 fully saturated rings. The summed E-state index contributed by atoms with van der Waals surface area (Å²) in [5.74, 6) is 0.294. The summed E-state index contributed by atoms with van der Waals surface area (Å²) in [4.78, 5) is 40.2. The number of fused-ring (bicyclic) bond motifs is 1. The average molecular weight is 377 g/mol. The molecule has 0 saturated heterocycles. The third-order valence-electron chi connectivity index (χ3n) is 3.60. The second-order valence-electron chi connectivity index (χ2n) is 6.26. The summed E-state index contributed by atoms with van der Waals surface area (Å²) in [6, 6.07) is 4.75. The Morgan fingerprint density at radius 1 is 1.35 bits per heavy atom. The van der Waals surface area contributed by atoms with Crippen LogP contribution < -0.4 is 10.9 Å². The SMILES string of the molecule is COC(=O)c1ccc2c(=O)n(CC(C)C)c(SCCNC(C)=O)nc2c1. The number of carbonyl (C=O) groups excluding carboxylic acids is 2. The summed E-state index contributed by atoms with van der Waals surface area (Å²) < 4.78 is 6.38. The zero-order chi connectivity index (χ0) is 19.3. The summed E-state index contributed by atoms with van der Waals surface area (Å²) in [7, 11) is 1.31. The van der Waals surface area contributed by atoms with Crippen molar-refractivity contribution in [3.05, 3.63) is 34.1 Å². The second-order valence-corrected chi connectivity index (χ2v) is 7.32. The first-order valence-electron chi connectivity index (χ1n) is 8.33. The Kier molecular flexibility index (Phi) is 6.79. The first-order valence-corrected chi connectivity index (χ1v) is 9.32. The van der Waals surface area contributed by atoms with Gasteiger partial charge in [0, 0.05) is 25.8 Å². The van der Waals surface area contributed by atoms with Gasteiger partial charge >= 0.3 is 5.97 Å². The lowest BCUT2D eigenvalue weighted by Crippen LogP contribution is -2.27. The van der Waals surface area contributed by atoms with Gasteiger partial charge in [0.05, 0.1) is 23.6 Å². The molecule has 1 amide bonds. The summed E-state index contributed by atoms with van der Waals surface area (Å²) in [6.07, 6.45) is 0. The molecule has 0 bridgehead atoms. The van der Waals surface area contributed by atoms with Gasteiger partial charge in [0.15, 0.2) is 5.16 Å². The first-order chi connectivity index (χ1) is 12.3. The Morgan fingerprint density at radius 2 is 2.08 bits per heavy atom. The van der Waals surface area contributed by atoms with Gasteiger partial charge in [0.2, 0.25) is 5.91 Å². The lowest BCUT2D eigenvalue weighted by atomic mass is 10.1. The van der Waals surface area contributed by atoms with Crippen LogP contribution in [-0.2, 0) is 16.1 Å². The standard InChI is InChI=1S/C18H23N3O4S/c1-11(2)10-21-16(23)14-6-5-13(17(24)25-4)9-15(14)20-18(21)26-8-7-19-12(3)22/h5-6,9,11H,7-8,10H2,1-4H3,(H,19,22). The van der Waals surface area contributed by atoms with Gasteiger partial charge in [-0.25, -0.2) is 9.78 Å². The Morgan fingerprint density at radius 3 is 2.69 bits per heavy atom. The normalized spacial score (nSPS) is 11.0. The van der Waals surface area contributed by atoms with Gasteiger partial charge in [-0.2, -0.15) is 0 Å². The van der Waals surface area contributed by atoms with Crippen LogP contribution in [0.4, 0.5) is 0 Å². The Labute approximate surface area is 156 Å². The highest BCUT2D eigenvalue weighted by Crippen LogP contribution is 2.20. The molecular formula is C18H23N3O4S. The Hall–Kier alpha value is -2.35. The molecule has 1 aromatic heterocycles. The van der Waals surface area contributed by atoms with Gasteiger partial charge in [-0.3, -0.25) is 14.2 Å². The number of amides is 1. The third-order valence-corrected chi connectivity index (χ3v) is 4.57. The van der Waals surface area contributed by atoms with Crippen molar-refractivity contribution in [1.29, 1.82) is 0 Å². The van der Waals surface area contributed by atoms with E-state index in [4.69, 9.17) is 4.74 Å². The number of benzene rings is 1. The Bertz CT molecular complexity index is 877. The fraction of sp³-hybridized carbons (Fsp3) is 0.444. The van der Waals surface area contributed by atoms with Crippen LogP contribution in [-0.4, -0.2) is 40.8 Å². The van der Waals surface area contributed by atoms with Crippen molar-refractivity contribution in [1.82, 2.24) is 14.9 Å². The predicted octanol–water partition coefficient (Wildman–Crippen LogP) is 2.07. The molecule has 140 valence electrons. The van der Waals surface area contributed by atoms with Crippen molar-refractivity contribution < 1.29 is 14.3 Å². The molecule has 0 spiro atoms.